The topological polar surface area (TPSA) is 55.0 Å². The average Bonchev–Trinajstić information content (AvgIpc) is 3.01. The van der Waals surface area contributed by atoms with Crippen molar-refractivity contribution in [1.29, 1.82) is 0 Å². The molecular weight excluding hydrogens is 296 g/mol. The lowest BCUT2D eigenvalue weighted by molar-refractivity contribution is -0.135. The van der Waals surface area contributed by atoms with Crippen molar-refractivity contribution in [3.8, 4) is 5.75 Å². The first-order chi connectivity index (χ1) is 10.8. The fourth-order valence-corrected chi connectivity index (χ4v) is 2.99. The zero-order valence-corrected chi connectivity index (χ0v) is 13.0. The van der Waals surface area contributed by atoms with E-state index in [1.165, 1.54) is 0 Å². The molecule has 0 fully saturated rings. The van der Waals surface area contributed by atoms with Gasteiger partial charge >= 0.3 is 5.97 Å². The Hall–Kier alpha value is -2.27. The summed E-state index contributed by atoms with van der Waals surface area (Å²) in [6.07, 6.45) is 3.70. The Morgan fingerprint density at radius 1 is 1.27 bits per heavy atom. The second-order valence-electron chi connectivity index (χ2n) is 4.96. The van der Waals surface area contributed by atoms with E-state index in [1.807, 2.05) is 48.7 Å². The van der Waals surface area contributed by atoms with Gasteiger partial charge in [0, 0.05) is 11.1 Å². The normalized spacial score (nSPS) is 12.2. The molecule has 0 aliphatic rings. The number of nitrogens with zero attached hydrogens (tertiary/aromatic N) is 1. The molecule has 1 N–H and O–H groups in total. The van der Waals surface area contributed by atoms with Crippen molar-refractivity contribution < 1.29 is 9.53 Å². The molecule has 2 aromatic carbocycles. The lowest BCUT2D eigenvalue weighted by Crippen LogP contribution is -2.20. The molecule has 112 valence electrons. The van der Waals surface area contributed by atoms with Gasteiger partial charge in [-0.15, -0.1) is 0 Å². The zero-order chi connectivity index (χ0) is 15.4. The van der Waals surface area contributed by atoms with Crippen LogP contribution in [0, 0.1) is 0 Å². The van der Waals surface area contributed by atoms with E-state index in [2.05, 4.69) is 10.2 Å². The summed E-state index contributed by atoms with van der Waals surface area (Å²) in [5, 5.41) is 7.76. The first-order valence-corrected chi connectivity index (χ1v) is 8.36. The number of thioether (sulfide) groups is 1. The molecule has 22 heavy (non-hydrogen) atoms. The number of hydrogen-bond donors (Lipinski definition) is 1. The van der Waals surface area contributed by atoms with E-state index in [0.717, 1.165) is 16.5 Å². The number of esters is 1. The van der Waals surface area contributed by atoms with E-state index in [9.17, 15) is 4.79 Å². The average molecular weight is 312 g/mol. The number of ether oxygens (including phenoxy) is 1. The number of rotatable bonds is 5. The summed E-state index contributed by atoms with van der Waals surface area (Å²) in [6.45, 7) is 0. The Kier molecular flexibility index (Phi) is 4.44. The maximum Gasteiger partial charge on any atom is 0.319 e. The minimum atomic E-state index is -0.267. The van der Waals surface area contributed by atoms with E-state index in [0.29, 0.717) is 11.5 Å². The van der Waals surface area contributed by atoms with Crippen LogP contribution in [0.5, 0.6) is 5.75 Å². The van der Waals surface area contributed by atoms with Gasteiger partial charge in [0.2, 0.25) is 0 Å². The number of aromatic amines is 1. The summed E-state index contributed by atoms with van der Waals surface area (Å²) in [4.78, 5) is 12.5. The van der Waals surface area contributed by atoms with E-state index >= 15 is 0 Å². The van der Waals surface area contributed by atoms with Crippen molar-refractivity contribution in [3.05, 3.63) is 60.3 Å². The van der Waals surface area contributed by atoms with Gasteiger partial charge in [0.05, 0.1) is 17.6 Å². The van der Waals surface area contributed by atoms with Crippen molar-refractivity contribution in [2.45, 2.75) is 5.92 Å². The second-order valence-corrected chi connectivity index (χ2v) is 5.87. The number of H-pyrrole nitrogens is 1. The Bertz CT molecular complexity index is 770. The van der Waals surface area contributed by atoms with Gasteiger partial charge in [0.15, 0.2) is 0 Å². The molecule has 0 radical (unpaired) electrons. The van der Waals surface area contributed by atoms with Gasteiger partial charge in [-0.25, -0.2) is 0 Å². The highest BCUT2D eigenvalue weighted by atomic mass is 32.2. The van der Waals surface area contributed by atoms with Crippen LogP contribution in [-0.4, -0.2) is 28.2 Å². The number of carbonyl (C=O) groups is 1. The van der Waals surface area contributed by atoms with Crippen LogP contribution >= 0.6 is 11.8 Å². The maximum absolute atomic E-state index is 12.5. The predicted molar refractivity (Wildman–Crippen MR) is 89.3 cm³/mol. The summed E-state index contributed by atoms with van der Waals surface area (Å²) in [7, 11) is 0. The molecule has 0 amide bonds. The molecular formula is C17H16N2O2S. The highest BCUT2D eigenvalue weighted by Gasteiger charge is 2.22. The van der Waals surface area contributed by atoms with Gasteiger partial charge in [-0.1, -0.05) is 30.3 Å². The molecule has 4 nitrogen and oxygen atoms in total. The molecule has 5 heteroatoms. The third-order valence-corrected chi connectivity index (χ3v) is 4.12. The first kappa shape index (κ1) is 14.7. The Morgan fingerprint density at radius 3 is 2.86 bits per heavy atom. The van der Waals surface area contributed by atoms with E-state index in [4.69, 9.17) is 4.74 Å². The standard InChI is InChI=1S/C17H16N2O2S/c1-22-11-15(12-5-3-2-4-6-12)17(20)21-14-7-8-16-13(9-14)10-18-19-16/h2-10,15H,11H2,1H3,(H,18,19)/t15-/m1/s1. The highest BCUT2D eigenvalue weighted by Crippen LogP contribution is 2.24. The van der Waals surface area contributed by atoms with Crippen LogP contribution in [0.25, 0.3) is 10.9 Å². The van der Waals surface area contributed by atoms with Gasteiger partial charge in [-0.2, -0.15) is 16.9 Å². The Balaban J connectivity index is 1.81. The van der Waals surface area contributed by atoms with Crippen molar-refractivity contribution in [1.82, 2.24) is 10.2 Å². The van der Waals surface area contributed by atoms with Crippen LogP contribution in [0.4, 0.5) is 0 Å². The molecule has 0 saturated carbocycles. The fraction of sp³-hybridized carbons (Fsp3) is 0.176. The van der Waals surface area contributed by atoms with Gasteiger partial charge in [-0.05, 0) is 30.0 Å². The largest absolute Gasteiger partial charge is 0.426 e. The molecule has 0 aliphatic carbocycles. The molecule has 0 saturated heterocycles. The van der Waals surface area contributed by atoms with Crippen molar-refractivity contribution in [2.75, 3.05) is 12.0 Å². The lowest BCUT2D eigenvalue weighted by atomic mass is 10.0. The molecule has 0 bridgehead atoms. The number of carbonyl (C=O) groups excluding carboxylic acids is 1. The SMILES string of the molecule is CSC[C@@H](C(=O)Oc1ccc2[nH]ncc2c1)c1ccccc1. The van der Waals surface area contributed by atoms with Crippen LogP contribution in [0.15, 0.2) is 54.7 Å². The Labute approximate surface area is 132 Å². The molecule has 0 unspecified atom stereocenters. The van der Waals surface area contributed by atoms with Crippen LogP contribution in [0.1, 0.15) is 11.5 Å². The predicted octanol–water partition coefficient (Wildman–Crippen LogP) is 3.62. The quantitative estimate of drug-likeness (QED) is 0.577. The van der Waals surface area contributed by atoms with Crippen molar-refractivity contribution in [2.24, 2.45) is 0 Å². The molecule has 1 heterocycles. The smallest absolute Gasteiger partial charge is 0.319 e. The van der Waals surface area contributed by atoms with Crippen molar-refractivity contribution >= 4 is 28.6 Å². The van der Waals surface area contributed by atoms with Crippen LogP contribution in [0.3, 0.4) is 0 Å². The first-order valence-electron chi connectivity index (χ1n) is 6.96. The number of hydrogen-bond acceptors (Lipinski definition) is 4. The van der Waals surface area contributed by atoms with E-state index in [-0.39, 0.29) is 11.9 Å². The number of aromatic nitrogens is 2. The molecule has 0 aliphatic heterocycles. The zero-order valence-electron chi connectivity index (χ0n) is 12.2. The van der Waals surface area contributed by atoms with Crippen LogP contribution in [-0.2, 0) is 4.79 Å². The lowest BCUT2D eigenvalue weighted by Gasteiger charge is -2.15. The third kappa shape index (κ3) is 3.14. The van der Waals surface area contributed by atoms with Crippen LogP contribution in [0.2, 0.25) is 0 Å². The minimum Gasteiger partial charge on any atom is -0.426 e. The third-order valence-electron chi connectivity index (χ3n) is 3.45. The molecule has 3 aromatic rings. The number of nitrogens with one attached hydrogen (secondary N) is 1. The fourth-order valence-electron chi connectivity index (χ4n) is 2.32. The monoisotopic (exact) mass is 312 g/mol. The van der Waals surface area contributed by atoms with Crippen LogP contribution < -0.4 is 4.74 Å². The highest BCUT2D eigenvalue weighted by molar-refractivity contribution is 7.98. The van der Waals surface area contributed by atoms with E-state index < -0.39 is 0 Å². The second kappa shape index (κ2) is 6.66. The summed E-state index contributed by atoms with van der Waals surface area (Å²) in [5.74, 6) is 0.733. The van der Waals surface area contributed by atoms with Crippen molar-refractivity contribution in [3.63, 3.8) is 0 Å². The van der Waals surface area contributed by atoms with Gasteiger partial charge in [-0.3, -0.25) is 9.89 Å². The summed E-state index contributed by atoms with van der Waals surface area (Å²) < 4.78 is 5.57. The Morgan fingerprint density at radius 2 is 2.09 bits per heavy atom. The molecule has 3 rings (SSSR count). The molecule has 1 atom stereocenters. The summed E-state index contributed by atoms with van der Waals surface area (Å²) in [6, 6.07) is 15.2. The molecule has 1 aromatic heterocycles. The summed E-state index contributed by atoms with van der Waals surface area (Å²) >= 11 is 1.63. The van der Waals surface area contributed by atoms with E-state index in [1.54, 1.807) is 24.0 Å². The number of benzene rings is 2. The minimum absolute atomic E-state index is 0.233. The molecule has 0 spiro atoms. The summed E-state index contributed by atoms with van der Waals surface area (Å²) in [5.41, 5.74) is 1.90. The van der Waals surface area contributed by atoms with Gasteiger partial charge in [0.1, 0.15) is 5.75 Å². The maximum atomic E-state index is 12.5. The van der Waals surface area contributed by atoms with Gasteiger partial charge < -0.3 is 4.74 Å². The van der Waals surface area contributed by atoms with Gasteiger partial charge in [0.25, 0.3) is 0 Å². The number of fused-ring (bicyclic) bond motifs is 1.